The van der Waals surface area contributed by atoms with Crippen molar-refractivity contribution in [3.8, 4) is 11.5 Å². The van der Waals surface area contributed by atoms with E-state index in [2.05, 4.69) is 30.4 Å². The number of para-hydroxylation sites is 1. The molecule has 1 aliphatic rings. The van der Waals surface area contributed by atoms with Crippen LogP contribution in [0, 0.1) is 5.92 Å². The highest BCUT2D eigenvalue weighted by Gasteiger charge is 2.18. The summed E-state index contributed by atoms with van der Waals surface area (Å²) >= 11 is 0. The fourth-order valence-electron chi connectivity index (χ4n) is 3.56. The van der Waals surface area contributed by atoms with Crippen molar-refractivity contribution in [1.29, 1.82) is 0 Å². The smallest absolute Gasteiger partial charge is 0.119 e. The van der Waals surface area contributed by atoms with E-state index in [1.54, 1.807) is 0 Å². The van der Waals surface area contributed by atoms with E-state index in [1.807, 2.05) is 37.3 Å². The van der Waals surface area contributed by atoms with E-state index in [0.29, 0.717) is 12.0 Å². The average Bonchev–Trinajstić information content (AvgIpc) is 2.87. The lowest BCUT2D eigenvalue weighted by Gasteiger charge is -2.20. The Bertz CT molecular complexity index is 671. The summed E-state index contributed by atoms with van der Waals surface area (Å²) in [7, 11) is 0. The molecule has 2 atom stereocenters. The number of ether oxygens (including phenoxy) is 2. The molecule has 2 aromatic rings. The maximum Gasteiger partial charge on any atom is 0.119 e. The molecule has 1 aliphatic carbocycles. The molecule has 1 unspecified atom stereocenters. The molecule has 0 saturated carbocycles. The van der Waals surface area contributed by atoms with Crippen molar-refractivity contribution in [3.63, 3.8) is 0 Å². The third kappa shape index (κ3) is 5.50. The highest BCUT2D eigenvalue weighted by molar-refractivity contribution is 5.37. The molecular formula is C23H31NO2. The van der Waals surface area contributed by atoms with Gasteiger partial charge in [0.2, 0.25) is 0 Å². The summed E-state index contributed by atoms with van der Waals surface area (Å²) in [5, 5.41) is 3.77. The summed E-state index contributed by atoms with van der Waals surface area (Å²) < 4.78 is 11.6. The van der Waals surface area contributed by atoms with Crippen molar-refractivity contribution in [3.05, 3.63) is 59.7 Å². The standard InChI is InChI=1S/C23H31NO2/c1-3-25-23-13-12-19-8-7-9-21(14-20(19)15-23)24-16-18(2)17-26-22-10-5-4-6-11-22/h4-6,10-13,15,18,21,24H,3,7-9,14,16-17H2,1-2H3/t18-,21?/m0/s1. The molecule has 3 rings (SSSR count). The molecular weight excluding hydrogens is 322 g/mol. The van der Waals surface area contributed by atoms with Crippen molar-refractivity contribution >= 4 is 0 Å². The highest BCUT2D eigenvalue weighted by atomic mass is 16.5. The molecule has 0 heterocycles. The number of nitrogens with one attached hydrogen (secondary N) is 1. The fraction of sp³-hybridized carbons (Fsp3) is 0.478. The van der Waals surface area contributed by atoms with Crippen LogP contribution < -0.4 is 14.8 Å². The first kappa shape index (κ1) is 18.8. The molecule has 0 fully saturated rings. The Hall–Kier alpha value is -2.00. The van der Waals surface area contributed by atoms with Gasteiger partial charge < -0.3 is 14.8 Å². The first-order valence-electron chi connectivity index (χ1n) is 9.90. The Morgan fingerprint density at radius 1 is 1.04 bits per heavy atom. The van der Waals surface area contributed by atoms with Gasteiger partial charge in [-0.1, -0.05) is 31.2 Å². The molecule has 1 N–H and O–H groups in total. The maximum absolute atomic E-state index is 5.87. The van der Waals surface area contributed by atoms with E-state index in [0.717, 1.165) is 37.7 Å². The Kier molecular flexibility index (Phi) is 6.96. The second kappa shape index (κ2) is 9.63. The van der Waals surface area contributed by atoms with E-state index < -0.39 is 0 Å². The Morgan fingerprint density at radius 3 is 2.69 bits per heavy atom. The van der Waals surface area contributed by atoms with Gasteiger partial charge in [0, 0.05) is 18.5 Å². The zero-order valence-electron chi connectivity index (χ0n) is 16.0. The molecule has 3 heteroatoms. The van der Waals surface area contributed by atoms with Gasteiger partial charge in [0.25, 0.3) is 0 Å². The summed E-state index contributed by atoms with van der Waals surface area (Å²) in [5.74, 6) is 2.43. The summed E-state index contributed by atoms with van der Waals surface area (Å²) in [6, 6.07) is 17.2. The molecule has 3 nitrogen and oxygen atoms in total. The zero-order chi connectivity index (χ0) is 18.2. The van der Waals surface area contributed by atoms with Crippen LogP contribution in [-0.2, 0) is 12.8 Å². The number of hydrogen-bond acceptors (Lipinski definition) is 3. The van der Waals surface area contributed by atoms with Crippen LogP contribution >= 0.6 is 0 Å². The largest absolute Gasteiger partial charge is 0.494 e. The van der Waals surface area contributed by atoms with Gasteiger partial charge in [-0.05, 0) is 68.0 Å². The van der Waals surface area contributed by atoms with Crippen LogP contribution in [0.5, 0.6) is 11.5 Å². The monoisotopic (exact) mass is 353 g/mol. The van der Waals surface area contributed by atoms with Crippen molar-refractivity contribution in [1.82, 2.24) is 5.32 Å². The summed E-state index contributed by atoms with van der Waals surface area (Å²) in [5.41, 5.74) is 2.93. The van der Waals surface area contributed by atoms with Gasteiger partial charge in [-0.15, -0.1) is 0 Å². The van der Waals surface area contributed by atoms with Gasteiger partial charge in [-0.3, -0.25) is 0 Å². The van der Waals surface area contributed by atoms with Crippen molar-refractivity contribution in [2.24, 2.45) is 5.92 Å². The highest BCUT2D eigenvalue weighted by Crippen LogP contribution is 2.25. The number of benzene rings is 2. The van der Waals surface area contributed by atoms with Gasteiger partial charge in [0.15, 0.2) is 0 Å². The Morgan fingerprint density at radius 2 is 1.88 bits per heavy atom. The number of aryl methyl sites for hydroxylation is 1. The predicted octanol–water partition coefficient (Wildman–Crippen LogP) is 4.64. The third-order valence-electron chi connectivity index (χ3n) is 4.99. The second-order valence-corrected chi connectivity index (χ2v) is 7.29. The molecule has 0 aromatic heterocycles. The Labute approximate surface area is 157 Å². The lowest BCUT2D eigenvalue weighted by atomic mass is 10.0. The van der Waals surface area contributed by atoms with Gasteiger partial charge in [-0.25, -0.2) is 0 Å². The fourth-order valence-corrected chi connectivity index (χ4v) is 3.56. The summed E-state index contributed by atoms with van der Waals surface area (Å²) in [6.07, 6.45) is 4.73. The van der Waals surface area contributed by atoms with Gasteiger partial charge in [0.1, 0.15) is 11.5 Å². The van der Waals surface area contributed by atoms with Gasteiger partial charge in [0.05, 0.1) is 13.2 Å². The average molecular weight is 354 g/mol. The van der Waals surface area contributed by atoms with Gasteiger partial charge in [-0.2, -0.15) is 0 Å². The molecule has 0 saturated heterocycles. The number of fused-ring (bicyclic) bond motifs is 1. The quantitative estimate of drug-likeness (QED) is 0.702. The normalized spacial score (nSPS) is 17.8. The molecule has 140 valence electrons. The summed E-state index contributed by atoms with van der Waals surface area (Å²) in [4.78, 5) is 0. The van der Waals surface area contributed by atoms with Crippen LogP contribution in [0.15, 0.2) is 48.5 Å². The van der Waals surface area contributed by atoms with Crippen LogP contribution in [0.25, 0.3) is 0 Å². The van der Waals surface area contributed by atoms with Crippen LogP contribution in [0.3, 0.4) is 0 Å². The molecule has 0 bridgehead atoms. The van der Waals surface area contributed by atoms with Crippen LogP contribution in [0.1, 0.15) is 37.8 Å². The first-order chi connectivity index (χ1) is 12.7. The Balaban J connectivity index is 1.49. The lowest BCUT2D eigenvalue weighted by molar-refractivity contribution is 0.250. The minimum atomic E-state index is 0.479. The van der Waals surface area contributed by atoms with Crippen LogP contribution in [-0.4, -0.2) is 25.8 Å². The molecule has 0 spiro atoms. The zero-order valence-corrected chi connectivity index (χ0v) is 16.0. The predicted molar refractivity (Wildman–Crippen MR) is 107 cm³/mol. The molecule has 0 amide bonds. The van der Waals surface area contributed by atoms with E-state index in [1.165, 1.54) is 30.4 Å². The second-order valence-electron chi connectivity index (χ2n) is 7.29. The van der Waals surface area contributed by atoms with Crippen LogP contribution in [0.2, 0.25) is 0 Å². The van der Waals surface area contributed by atoms with E-state index in [9.17, 15) is 0 Å². The van der Waals surface area contributed by atoms with Crippen molar-refractivity contribution in [2.75, 3.05) is 19.8 Å². The van der Waals surface area contributed by atoms with Crippen molar-refractivity contribution in [2.45, 2.75) is 45.6 Å². The van der Waals surface area contributed by atoms with Crippen LogP contribution in [0.4, 0.5) is 0 Å². The van der Waals surface area contributed by atoms with E-state index >= 15 is 0 Å². The topological polar surface area (TPSA) is 30.5 Å². The van der Waals surface area contributed by atoms with Crippen molar-refractivity contribution < 1.29 is 9.47 Å². The molecule has 0 radical (unpaired) electrons. The number of hydrogen-bond donors (Lipinski definition) is 1. The lowest BCUT2D eigenvalue weighted by Crippen LogP contribution is -2.35. The molecule has 0 aliphatic heterocycles. The minimum Gasteiger partial charge on any atom is -0.494 e. The minimum absolute atomic E-state index is 0.479. The first-order valence-corrected chi connectivity index (χ1v) is 9.90. The molecule has 2 aromatic carbocycles. The number of rotatable bonds is 8. The maximum atomic E-state index is 5.87. The SMILES string of the molecule is CCOc1ccc2c(c1)CC(NC[C@H](C)COc1ccccc1)CCC2. The van der Waals surface area contributed by atoms with E-state index in [4.69, 9.17) is 9.47 Å². The summed E-state index contributed by atoms with van der Waals surface area (Å²) in [6.45, 7) is 6.73. The third-order valence-corrected chi connectivity index (χ3v) is 4.99. The van der Waals surface area contributed by atoms with E-state index in [-0.39, 0.29) is 0 Å². The van der Waals surface area contributed by atoms with Gasteiger partial charge >= 0.3 is 0 Å². The molecule has 26 heavy (non-hydrogen) atoms.